The van der Waals surface area contributed by atoms with Crippen molar-refractivity contribution in [1.82, 2.24) is 0 Å². The fourth-order valence-electron chi connectivity index (χ4n) is 24.8. The van der Waals surface area contributed by atoms with Gasteiger partial charge < -0.3 is 233 Å². The summed E-state index contributed by atoms with van der Waals surface area (Å²) in [6.45, 7) is 18.9. The molecule has 56 unspecified atom stereocenters. The first-order valence-corrected chi connectivity index (χ1v) is 50.3. The van der Waals surface area contributed by atoms with E-state index in [9.17, 15) is 143 Å². The average Bonchev–Trinajstić information content (AvgIpc) is 0.664. The largest absolute Gasteiger partial charge is 0.458 e. The third kappa shape index (κ3) is 22.2. The van der Waals surface area contributed by atoms with Crippen molar-refractivity contribution in [2.75, 3.05) is 46.2 Å². The third-order valence-corrected chi connectivity index (χ3v) is 34.4. The van der Waals surface area contributed by atoms with Gasteiger partial charge in [0.1, 0.15) is 182 Å². The predicted molar refractivity (Wildman–Crippen MR) is 481 cm³/mol. The van der Waals surface area contributed by atoms with Crippen LogP contribution in [0.2, 0.25) is 0 Å². The zero-order chi connectivity index (χ0) is 107. The SMILES string of the molecule is C=CC(C)(CCC=C(C)C(=O)OC1CC2(C(=O)OC3OC(COC4OC(C)C(O)C(O)C4O)C(O)C(O)C3OC3OC(C)C(OC4OCC(O)C(OC5OCC(O)C(O)C5O)C4O)C(O)C3O)C(O)CC3(C)C(=CCC4C5(C)CC(O)C(OC6OC(CO)C(O)C(O)C6OC6OC(CO)C(O)C(O)C6O)C(C)(CO)C5CCC43C)C2CC1(C)C)OC1OC(OC(=O)C(C)CC)CC(OC2OC(CO)C(O)C(O)C2O)C1O. The first kappa shape index (κ1) is 117. The van der Waals surface area contributed by atoms with Crippen LogP contribution in [0.15, 0.2) is 36.0 Å². The van der Waals surface area contributed by atoms with Gasteiger partial charge in [-0.2, -0.15) is 0 Å². The molecule has 13 fully saturated rings. The fourth-order valence-corrected chi connectivity index (χ4v) is 24.8. The third-order valence-electron chi connectivity index (χ3n) is 34.4. The van der Waals surface area contributed by atoms with Crippen molar-refractivity contribution in [3.05, 3.63) is 36.0 Å². The van der Waals surface area contributed by atoms with Crippen LogP contribution in [-0.4, -0.2) is 490 Å². The standard InChI is InChI=1S/C96H154O50/c1-14-35(3)78(124)138-53-23-44(132-84-69(120)62(113)56(107)45(28-97)133-84)60(111)86(139-53)146-91(9,15-2)21-16-17-36(4)79(125)137-52-27-96(89(126)145-88-76(65(116)59(110)48(136-88)33-129-80-68(119)61(112)54(105)37(5)130-80)142-83-71(122)66(117)73(38(6)131-83)140-82-72(123)74(43(103)32-128-82)141-81-67(118)55(106)42(102)31-127-81)40(24-90(52,7)8)39-18-19-50-92(10)25-41(101)77(93(11,34-100)49(92)20-22-94(50,12)95(39,13)26-51(96)104)144-87-75(64(115)58(109)47(30-99)135-87)143-85-70(121)63(114)57(108)46(29-98)134-85/h15,17-18,35,37-38,40-77,80-88,97-123H,2,14,16,19-34H2,1,3-13H3. The summed E-state index contributed by atoms with van der Waals surface area (Å²) in [4.78, 5) is 45.6. The quantitative estimate of drug-likeness (QED) is 0.00978. The van der Waals surface area contributed by atoms with E-state index in [1.807, 2.05) is 26.8 Å². The Balaban J connectivity index is 0.776. The lowest BCUT2D eigenvalue weighted by molar-refractivity contribution is -0.384. The van der Waals surface area contributed by atoms with Crippen LogP contribution in [0.5, 0.6) is 0 Å². The van der Waals surface area contributed by atoms with Crippen molar-refractivity contribution in [2.45, 2.75) is 442 Å². The summed E-state index contributed by atoms with van der Waals surface area (Å²) >= 11 is 0. The van der Waals surface area contributed by atoms with Crippen LogP contribution in [0, 0.1) is 56.2 Å². The van der Waals surface area contributed by atoms with Crippen molar-refractivity contribution in [1.29, 1.82) is 0 Å². The molecular formula is C96H154O50. The first-order chi connectivity index (χ1) is 68.5. The van der Waals surface area contributed by atoms with Crippen molar-refractivity contribution in [2.24, 2.45) is 56.2 Å². The van der Waals surface area contributed by atoms with Gasteiger partial charge in [-0.25, -0.2) is 4.79 Å². The number of fused-ring (bicyclic) bond motifs is 7. The van der Waals surface area contributed by atoms with E-state index < -0.39 is 415 Å². The minimum Gasteiger partial charge on any atom is -0.458 e. The number of esters is 3. The molecule has 9 aliphatic heterocycles. The highest BCUT2D eigenvalue weighted by Gasteiger charge is 2.75. The smallest absolute Gasteiger partial charge is 0.333 e. The molecule has 14 aliphatic rings. The summed E-state index contributed by atoms with van der Waals surface area (Å²) in [7, 11) is 0. The predicted octanol–water partition coefficient (Wildman–Crippen LogP) is -8.90. The van der Waals surface area contributed by atoms with Crippen LogP contribution >= 0.6 is 0 Å². The number of allylic oxidation sites excluding steroid dienone is 3. The molecule has 27 N–H and O–H groups in total. The van der Waals surface area contributed by atoms with E-state index in [0.29, 0.717) is 12.0 Å². The Kier molecular flexibility index (Phi) is 37.3. The summed E-state index contributed by atoms with van der Waals surface area (Å²) in [5.41, 5.74) is -9.12. The van der Waals surface area contributed by atoms with Crippen LogP contribution in [0.1, 0.15) is 154 Å². The molecule has 146 heavy (non-hydrogen) atoms. The summed E-state index contributed by atoms with van der Waals surface area (Å²) in [6, 6.07) is 0. The minimum absolute atomic E-state index is 0.0221. The van der Waals surface area contributed by atoms with E-state index in [2.05, 4.69) is 6.58 Å². The van der Waals surface area contributed by atoms with Gasteiger partial charge in [0.15, 0.2) is 56.4 Å². The van der Waals surface area contributed by atoms with Crippen LogP contribution in [0.25, 0.3) is 0 Å². The number of hydrogen-bond acceptors (Lipinski definition) is 50. The van der Waals surface area contributed by atoms with Crippen molar-refractivity contribution in [3.8, 4) is 0 Å². The Morgan fingerprint density at radius 2 is 1.01 bits per heavy atom. The number of aliphatic hydroxyl groups is 27. The second-order valence-electron chi connectivity index (χ2n) is 44.2. The van der Waals surface area contributed by atoms with Crippen LogP contribution in [0.4, 0.5) is 0 Å². The van der Waals surface area contributed by atoms with Gasteiger partial charge in [-0.15, -0.1) is 6.58 Å². The number of hydrogen-bond donors (Lipinski definition) is 27. The molecule has 0 aromatic rings. The number of aliphatic hydroxyl groups excluding tert-OH is 27. The van der Waals surface area contributed by atoms with Gasteiger partial charge >= 0.3 is 17.9 Å². The van der Waals surface area contributed by atoms with E-state index in [4.69, 9.17) is 94.7 Å². The number of ether oxygens (including phenoxy) is 20. The van der Waals surface area contributed by atoms with Gasteiger partial charge in [0.2, 0.25) is 12.6 Å². The zero-order valence-corrected chi connectivity index (χ0v) is 83.5. The topological polar surface area (TPSA) is 782 Å². The van der Waals surface area contributed by atoms with E-state index in [-0.39, 0.29) is 63.4 Å². The summed E-state index contributed by atoms with van der Waals surface area (Å²) in [5.74, 6) is -5.86. The molecule has 9 saturated heterocycles. The van der Waals surface area contributed by atoms with Crippen molar-refractivity contribution in [3.63, 3.8) is 0 Å². The van der Waals surface area contributed by atoms with Gasteiger partial charge in [0.25, 0.3) is 0 Å². The summed E-state index contributed by atoms with van der Waals surface area (Å²) in [6.07, 6.45) is -78.8. The number of carbonyl (C=O) groups is 3. The van der Waals surface area contributed by atoms with Gasteiger partial charge in [0.05, 0.1) is 94.4 Å². The Bertz CT molecular complexity index is 4410. The average molecular weight is 2110 g/mol. The molecule has 0 amide bonds. The number of rotatable bonds is 32. The molecular weight excluding hydrogens is 1950 g/mol. The van der Waals surface area contributed by atoms with Gasteiger partial charge in [0, 0.05) is 29.2 Å². The molecule has 9 heterocycles. The van der Waals surface area contributed by atoms with Gasteiger partial charge in [-0.3, -0.25) is 9.59 Å². The molecule has 5 aliphatic carbocycles. The lowest BCUT2D eigenvalue weighted by Gasteiger charge is -2.72. The van der Waals surface area contributed by atoms with E-state index in [1.165, 1.54) is 32.9 Å². The van der Waals surface area contributed by atoms with E-state index >= 15 is 9.59 Å². The first-order valence-electron chi connectivity index (χ1n) is 50.3. The minimum atomic E-state index is -2.36. The van der Waals surface area contributed by atoms with Gasteiger partial charge in [-0.1, -0.05) is 79.2 Å². The molecule has 56 atom stereocenters. The highest BCUT2D eigenvalue weighted by atomic mass is 16.8. The van der Waals surface area contributed by atoms with Crippen LogP contribution < -0.4 is 0 Å². The highest BCUT2D eigenvalue weighted by molar-refractivity contribution is 5.88. The molecule has 50 heteroatoms. The molecule has 838 valence electrons. The van der Waals surface area contributed by atoms with Crippen LogP contribution in [0.3, 0.4) is 0 Å². The monoisotopic (exact) mass is 2110 g/mol. The molecule has 50 nitrogen and oxygen atoms in total. The summed E-state index contributed by atoms with van der Waals surface area (Å²) in [5, 5.41) is 305. The molecule has 0 aromatic heterocycles. The molecule has 4 saturated carbocycles. The Labute approximate surface area is 841 Å². The zero-order valence-electron chi connectivity index (χ0n) is 83.5. The maximum atomic E-state index is 17.1. The molecule has 0 aromatic carbocycles. The molecule has 0 spiro atoms. The van der Waals surface area contributed by atoms with E-state index in [1.54, 1.807) is 41.5 Å². The lowest BCUT2D eigenvalue weighted by atomic mass is 9.33. The van der Waals surface area contributed by atoms with Crippen molar-refractivity contribution >= 4 is 17.9 Å². The maximum Gasteiger partial charge on any atom is 0.333 e. The summed E-state index contributed by atoms with van der Waals surface area (Å²) < 4.78 is 121. The van der Waals surface area contributed by atoms with Gasteiger partial charge in [-0.05, 0) is 119 Å². The lowest BCUT2D eigenvalue weighted by Crippen LogP contribution is -2.71. The second-order valence-corrected chi connectivity index (χ2v) is 44.2. The second kappa shape index (κ2) is 46.3. The molecule has 0 bridgehead atoms. The maximum absolute atomic E-state index is 17.1. The Morgan fingerprint density at radius 1 is 0.500 bits per heavy atom. The highest BCUT2D eigenvalue weighted by Crippen LogP contribution is 2.77. The van der Waals surface area contributed by atoms with E-state index in [0.717, 1.165) is 0 Å². The fraction of sp³-hybridized carbons (Fsp3) is 0.906. The molecule has 14 rings (SSSR count). The molecule has 0 radical (unpaired) electrons. The number of carbonyl (C=O) groups excluding carboxylic acids is 3. The Morgan fingerprint density at radius 3 is 1.62 bits per heavy atom. The van der Waals surface area contributed by atoms with Crippen molar-refractivity contribution < 1.29 is 247 Å². The normalized spacial score (nSPS) is 51.1. The Hall–Kier alpha value is -4.13. The van der Waals surface area contributed by atoms with Crippen LogP contribution in [-0.2, 0) is 109 Å².